The highest BCUT2D eigenvalue weighted by Gasteiger charge is 2.14. The molecule has 2 rings (SSSR count). The van der Waals surface area contributed by atoms with Gasteiger partial charge in [-0.3, -0.25) is 4.79 Å². The van der Waals surface area contributed by atoms with Crippen LogP contribution in [-0.4, -0.2) is 30.3 Å². The topological polar surface area (TPSA) is 82.3 Å². The molecule has 0 spiro atoms. The van der Waals surface area contributed by atoms with Gasteiger partial charge in [-0.25, -0.2) is 0 Å². The molecule has 0 fully saturated rings. The van der Waals surface area contributed by atoms with Gasteiger partial charge >= 0.3 is 0 Å². The smallest absolute Gasteiger partial charge is 0.252 e. The van der Waals surface area contributed by atoms with Crippen LogP contribution < -0.4 is 5.32 Å². The average Bonchev–Trinajstić information content (AvgIpc) is 2.59. The second-order valence-electron chi connectivity index (χ2n) is 4.88. The lowest BCUT2D eigenvalue weighted by Crippen LogP contribution is -2.33. The Bertz CT molecular complexity index is 705. The molecule has 0 bridgehead atoms. The van der Waals surface area contributed by atoms with Crippen molar-refractivity contribution in [3.8, 4) is 22.9 Å². The quantitative estimate of drug-likeness (QED) is 0.859. The molecule has 5 heteroatoms. The molecule has 0 aliphatic heterocycles. The van der Waals surface area contributed by atoms with Crippen LogP contribution in [0.2, 0.25) is 0 Å². The van der Waals surface area contributed by atoms with Gasteiger partial charge in [-0.05, 0) is 36.2 Å². The van der Waals surface area contributed by atoms with Crippen LogP contribution >= 0.6 is 0 Å². The predicted octanol–water partition coefficient (Wildman–Crippen LogP) is 2.72. The zero-order chi connectivity index (χ0) is 16.7. The van der Waals surface area contributed by atoms with E-state index in [1.807, 2.05) is 18.2 Å². The van der Waals surface area contributed by atoms with Crippen molar-refractivity contribution in [2.24, 2.45) is 0 Å². The zero-order valence-electron chi connectivity index (χ0n) is 12.8. The molecule has 118 valence electrons. The van der Waals surface area contributed by atoms with E-state index in [2.05, 4.69) is 5.32 Å². The second kappa shape index (κ2) is 7.97. The molecule has 0 aliphatic carbocycles. The molecule has 0 heterocycles. The molecule has 1 unspecified atom stereocenters. The fraction of sp³-hybridized carbons (Fsp3) is 0.222. The molecule has 0 radical (unpaired) electrons. The first-order chi connectivity index (χ1) is 11.2. The molecule has 2 aromatic rings. The number of amides is 1. The lowest BCUT2D eigenvalue weighted by Gasteiger charge is -2.13. The number of benzene rings is 2. The number of aromatic hydroxyl groups is 1. The number of hydrogen-bond donors (Lipinski definition) is 2. The average molecular weight is 310 g/mol. The molecule has 0 aromatic heterocycles. The van der Waals surface area contributed by atoms with Gasteiger partial charge < -0.3 is 15.2 Å². The summed E-state index contributed by atoms with van der Waals surface area (Å²) >= 11 is 0. The summed E-state index contributed by atoms with van der Waals surface area (Å²) in [5, 5.41) is 21.1. The number of carbonyl (C=O) groups is 1. The summed E-state index contributed by atoms with van der Waals surface area (Å²) in [5.41, 5.74) is 2.09. The predicted molar refractivity (Wildman–Crippen MR) is 86.9 cm³/mol. The van der Waals surface area contributed by atoms with E-state index in [1.54, 1.807) is 43.3 Å². The number of ether oxygens (including phenoxy) is 1. The van der Waals surface area contributed by atoms with Gasteiger partial charge in [-0.1, -0.05) is 30.3 Å². The van der Waals surface area contributed by atoms with Crippen LogP contribution in [0.3, 0.4) is 0 Å². The van der Waals surface area contributed by atoms with E-state index in [-0.39, 0.29) is 18.2 Å². The molecule has 23 heavy (non-hydrogen) atoms. The number of nitrogens with zero attached hydrogens (tertiary/aromatic N) is 1. The largest absolute Gasteiger partial charge is 0.508 e. The monoisotopic (exact) mass is 310 g/mol. The van der Waals surface area contributed by atoms with Gasteiger partial charge in [0, 0.05) is 12.2 Å². The van der Waals surface area contributed by atoms with Crippen LogP contribution in [-0.2, 0) is 4.74 Å². The van der Waals surface area contributed by atoms with Crippen LogP contribution in [0.25, 0.3) is 11.1 Å². The first kappa shape index (κ1) is 16.5. The van der Waals surface area contributed by atoms with E-state index in [0.29, 0.717) is 12.2 Å². The summed E-state index contributed by atoms with van der Waals surface area (Å²) in [6.45, 7) is 2.34. The first-order valence-corrected chi connectivity index (χ1v) is 7.33. The number of phenols is 1. The Morgan fingerprint density at radius 1 is 1.26 bits per heavy atom. The molecule has 0 saturated heterocycles. The maximum Gasteiger partial charge on any atom is 0.252 e. The van der Waals surface area contributed by atoms with Gasteiger partial charge in [0.15, 0.2) is 6.10 Å². The highest BCUT2D eigenvalue weighted by atomic mass is 16.5. The van der Waals surface area contributed by atoms with Crippen LogP contribution in [0.5, 0.6) is 5.75 Å². The number of carbonyl (C=O) groups excluding carboxylic acids is 1. The summed E-state index contributed by atoms with van der Waals surface area (Å²) in [6, 6.07) is 15.8. The summed E-state index contributed by atoms with van der Waals surface area (Å²) < 4.78 is 5.20. The third kappa shape index (κ3) is 4.31. The minimum Gasteiger partial charge on any atom is -0.508 e. The van der Waals surface area contributed by atoms with E-state index in [1.165, 1.54) is 0 Å². The molecule has 1 amide bonds. The van der Waals surface area contributed by atoms with E-state index in [0.717, 1.165) is 11.1 Å². The molecule has 2 aromatic carbocycles. The molecular formula is C18H18N2O3. The van der Waals surface area contributed by atoms with Crippen LogP contribution in [0.4, 0.5) is 0 Å². The van der Waals surface area contributed by atoms with Crippen molar-refractivity contribution < 1.29 is 14.6 Å². The fourth-order valence-electron chi connectivity index (χ4n) is 2.20. The molecular weight excluding hydrogens is 292 g/mol. The highest BCUT2D eigenvalue weighted by Crippen LogP contribution is 2.25. The van der Waals surface area contributed by atoms with Crippen molar-refractivity contribution in [3.63, 3.8) is 0 Å². The van der Waals surface area contributed by atoms with Crippen molar-refractivity contribution in [2.45, 2.75) is 13.0 Å². The van der Waals surface area contributed by atoms with Gasteiger partial charge in [-0.15, -0.1) is 0 Å². The first-order valence-electron chi connectivity index (χ1n) is 7.33. The SMILES string of the molecule is CCOC(C#N)CNC(=O)c1ccccc1-c1ccc(O)cc1. The third-order valence-electron chi connectivity index (χ3n) is 3.31. The third-order valence-corrected chi connectivity index (χ3v) is 3.31. The van der Waals surface area contributed by atoms with Gasteiger partial charge in [0.2, 0.25) is 0 Å². The number of hydrogen-bond acceptors (Lipinski definition) is 4. The molecule has 1 atom stereocenters. The van der Waals surface area contributed by atoms with Crippen LogP contribution in [0.15, 0.2) is 48.5 Å². The maximum atomic E-state index is 12.4. The van der Waals surface area contributed by atoms with Crippen molar-refractivity contribution >= 4 is 5.91 Å². The van der Waals surface area contributed by atoms with Gasteiger partial charge in [0.25, 0.3) is 5.91 Å². The number of nitrogens with one attached hydrogen (secondary N) is 1. The van der Waals surface area contributed by atoms with Gasteiger partial charge in [-0.2, -0.15) is 5.26 Å². The molecule has 5 nitrogen and oxygen atoms in total. The van der Waals surface area contributed by atoms with Crippen molar-refractivity contribution in [3.05, 3.63) is 54.1 Å². The molecule has 2 N–H and O–H groups in total. The normalized spacial score (nSPS) is 11.5. The number of rotatable bonds is 6. The Kier molecular flexibility index (Phi) is 5.73. The lowest BCUT2D eigenvalue weighted by atomic mass is 9.99. The minimum absolute atomic E-state index is 0.132. The second-order valence-corrected chi connectivity index (χ2v) is 4.88. The van der Waals surface area contributed by atoms with Crippen molar-refractivity contribution in [1.82, 2.24) is 5.32 Å². The number of nitriles is 1. The zero-order valence-corrected chi connectivity index (χ0v) is 12.8. The Balaban J connectivity index is 2.18. The fourth-order valence-corrected chi connectivity index (χ4v) is 2.20. The van der Waals surface area contributed by atoms with E-state index in [9.17, 15) is 9.90 Å². The van der Waals surface area contributed by atoms with E-state index < -0.39 is 6.10 Å². The Hall–Kier alpha value is -2.84. The molecule has 0 saturated carbocycles. The minimum atomic E-state index is -0.662. The summed E-state index contributed by atoms with van der Waals surface area (Å²) in [6.07, 6.45) is -0.662. The van der Waals surface area contributed by atoms with Crippen molar-refractivity contribution in [1.29, 1.82) is 5.26 Å². The van der Waals surface area contributed by atoms with E-state index >= 15 is 0 Å². The van der Waals surface area contributed by atoms with Gasteiger partial charge in [0.1, 0.15) is 5.75 Å². The maximum absolute atomic E-state index is 12.4. The number of phenolic OH excluding ortho intramolecular Hbond substituents is 1. The molecule has 0 aliphatic rings. The van der Waals surface area contributed by atoms with Crippen LogP contribution in [0, 0.1) is 11.3 Å². The standard InChI is InChI=1S/C18H18N2O3/c1-2-23-15(11-19)12-20-18(22)17-6-4-3-5-16(17)13-7-9-14(21)10-8-13/h3-10,15,21H,2,12H2,1H3,(H,20,22). The lowest BCUT2D eigenvalue weighted by molar-refractivity contribution is 0.0835. The summed E-state index contributed by atoms with van der Waals surface area (Å²) in [5.74, 6) is -0.0992. The summed E-state index contributed by atoms with van der Waals surface area (Å²) in [7, 11) is 0. The highest BCUT2D eigenvalue weighted by molar-refractivity contribution is 6.00. The van der Waals surface area contributed by atoms with E-state index in [4.69, 9.17) is 10.00 Å². The Labute approximate surface area is 135 Å². The van der Waals surface area contributed by atoms with Crippen LogP contribution in [0.1, 0.15) is 17.3 Å². The Morgan fingerprint density at radius 3 is 2.61 bits per heavy atom. The summed E-state index contributed by atoms with van der Waals surface area (Å²) in [4.78, 5) is 12.4. The van der Waals surface area contributed by atoms with Gasteiger partial charge in [0.05, 0.1) is 12.6 Å². The Morgan fingerprint density at radius 2 is 1.96 bits per heavy atom. The van der Waals surface area contributed by atoms with Crippen molar-refractivity contribution in [2.75, 3.05) is 13.2 Å².